The molecule has 0 aliphatic carbocycles. The number of fused-ring (bicyclic) bond motifs is 1. The summed E-state index contributed by atoms with van der Waals surface area (Å²) in [5, 5.41) is 4.18. The quantitative estimate of drug-likeness (QED) is 0.424. The largest absolute Gasteiger partial charge is 0.354 e. The van der Waals surface area contributed by atoms with Crippen molar-refractivity contribution in [2.75, 3.05) is 31.1 Å². The van der Waals surface area contributed by atoms with Gasteiger partial charge in [-0.2, -0.15) is 0 Å². The molecule has 0 bridgehead atoms. The average molecular weight is 464 g/mol. The Balaban J connectivity index is 1.41. The SMILES string of the molecule is Fc1ccccc1-c1cc(-c2cncc(-c3ccc(N4CCNCC4)nc3)n2)c2cccnc2n1. The van der Waals surface area contributed by atoms with E-state index in [1.54, 1.807) is 36.8 Å². The highest BCUT2D eigenvalue weighted by molar-refractivity contribution is 5.94. The molecule has 0 atom stereocenters. The Bertz CT molecular complexity index is 1500. The van der Waals surface area contributed by atoms with Crippen molar-refractivity contribution in [3.05, 3.63) is 85.2 Å². The van der Waals surface area contributed by atoms with Crippen molar-refractivity contribution in [3.63, 3.8) is 0 Å². The predicted octanol–water partition coefficient (Wildman–Crippen LogP) is 4.36. The zero-order valence-electron chi connectivity index (χ0n) is 18.9. The minimum absolute atomic E-state index is 0.336. The summed E-state index contributed by atoms with van der Waals surface area (Å²) in [4.78, 5) is 25.3. The molecule has 8 heteroatoms. The van der Waals surface area contributed by atoms with Crippen molar-refractivity contribution in [2.24, 2.45) is 0 Å². The minimum atomic E-state index is -0.336. The highest BCUT2D eigenvalue weighted by Gasteiger charge is 2.15. The Kier molecular flexibility index (Phi) is 5.56. The van der Waals surface area contributed by atoms with Crippen LogP contribution in [0.15, 0.2) is 79.4 Å². The zero-order chi connectivity index (χ0) is 23.6. The van der Waals surface area contributed by atoms with Crippen molar-refractivity contribution in [1.29, 1.82) is 0 Å². The molecule has 0 radical (unpaired) electrons. The molecule has 6 rings (SSSR count). The van der Waals surface area contributed by atoms with Crippen molar-refractivity contribution in [1.82, 2.24) is 30.2 Å². The van der Waals surface area contributed by atoms with E-state index < -0.39 is 0 Å². The van der Waals surface area contributed by atoms with E-state index in [9.17, 15) is 4.39 Å². The molecule has 1 fully saturated rings. The van der Waals surface area contributed by atoms with Crippen LogP contribution in [-0.4, -0.2) is 51.1 Å². The summed E-state index contributed by atoms with van der Waals surface area (Å²) < 4.78 is 14.6. The lowest BCUT2D eigenvalue weighted by Gasteiger charge is -2.28. The van der Waals surface area contributed by atoms with E-state index in [0.717, 1.165) is 48.5 Å². The Hall–Kier alpha value is -4.30. The summed E-state index contributed by atoms with van der Waals surface area (Å²) in [5.41, 5.74) is 4.48. The number of piperazine rings is 1. The summed E-state index contributed by atoms with van der Waals surface area (Å²) >= 11 is 0. The van der Waals surface area contributed by atoms with Crippen LogP contribution >= 0.6 is 0 Å². The highest BCUT2D eigenvalue weighted by atomic mass is 19.1. The summed E-state index contributed by atoms with van der Waals surface area (Å²) in [5.74, 6) is 0.622. The van der Waals surface area contributed by atoms with Crippen LogP contribution in [0.2, 0.25) is 0 Å². The standard InChI is InChI=1S/C27H22FN7/c28-22-6-2-1-4-20(22)23-14-21(19-5-3-9-31-27(19)34-23)25-17-30-16-24(33-25)18-7-8-26(32-15-18)35-12-10-29-11-13-35/h1-9,14-17,29H,10-13H2. The number of nitrogens with one attached hydrogen (secondary N) is 1. The van der Waals surface area contributed by atoms with Gasteiger partial charge in [0, 0.05) is 60.6 Å². The fourth-order valence-electron chi connectivity index (χ4n) is 4.33. The summed E-state index contributed by atoms with van der Waals surface area (Å²) in [6.45, 7) is 3.80. The smallest absolute Gasteiger partial charge is 0.160 e. The molecule has 4 aromatic heterocycles. The van der Waals surface area contributed by atoms with Crippen LogP contribution in [0.1, 0.15) is 0 Å². The van der Waals surface area contributed by atoms with Gasteiger partial charge in [-0.1, -0.05) is 12.1 Å². The average Bonchev–Trinajstić information content (AvgIpc) is 2.93. The fraction of sp³-hybridized carbons (Fsp3) is 0.148. The van der Waals surface area contributed by atoms with Gasteiger partial charge in [0.2, 0.25) is 0 Å². The van der Waals surface area contributed by atoms with Crippen LogP contribution in [0.25, 0.3) is 44.8 Å². The van der Waals surface area contributed by atoms with E-state index in [-0.39, 0.29) is 5.82 Å². The molecule has 1 aromatic carbocycles. The molecular weight excluding hydrogens is 441 g/mol. The molecule has 5 aromatic rings. The maximum Gasteiger partial charge on any atom is 0.160 e. The summed E-state index contributed by atoms with van der Waals surface area (Å²) in [7, 11) is 0. The maximum absolute atomic E-state index is 14.6. The first kappa shape index (κ1) is 21.2. The van der Waals surface area contributed by atoms with Gasteiger partial charge in [-0.05, 0) is 42.5 Å². The number of halogens is 1. The normalized spacial score (nSPS) is 13.8. The number of pyridine rings is 3. The topological polar surface area (TPSA) is 79.7 Å². The second-order valence-electron chi connectivity index (χ2n) is 8.34. The van der Waals surface area contributed by atoms with Crippen molar-refractivity contribution in [3.8, 4) is 33.8 Å². The maximum atomic E-state index is 14.6. The molecule has 1 aliphatic rings. The molecule has 172 valence electrons. The molecule has 7 nitrogen and oxygen atoms in total. The molecule has 0 amide bonds. The molecule has 0 saturated carbocycles. The van der Waals surface area contributed by atoms with Gasteiger partial charge >= 0.3 is 0 Å². The number of hydrogen-bond acceptors (Lipinski definition) is 7. The van der Waals surface area contributed by atoms with Gasteiger partial charge < -0.3 is 10.2 Å². The fourth-order valence-corrected chi connectivity index (χ4v) is 4.33. The summed E-state index contributed by atoms with van der Waals surface area (Å²) in [6, 6.07) is 16.3. The third kappa shape index (κ3) is 4.20. The number of anilines is 1. The third-order valence-electron chi connectivity index (χ3n) is 6.13. The van der Waals surface area contributed by atoms with Gasteiger partial charge in [0.25, 0.3) is 0 Å². The van der Waals surface area contributed by atoms with Gasteiger partial charge in [0.15, 0.2) is 5.65 Å². The van der Waals surface area contributed by atoms with E-state index >= 15 is 0 Å². The first-order valence-corrected chi connectivity index (χ1v) is 11.5. The van der Waals surface area contributed by atoms with Gasteiger partial charge in [0.05, 0.1) is 29.5 Å². The Morgan fingerprint density at radius 3 is 2.46 bits per heavy atom. The van der Waals surface area contributed by atoms with Crippen LogP contribution in [0.3, 0.4) is 0 Å². The number of benzene rings is 1. The number of nitrogens with zero attached hydrogens (tertiary/aromatic N) is 6. The van der Waals surface area contributed by atoms with Gasteiger partial charge in [-0.15, -0.1) is 0 Å². The molecular formula is C27H22FN7. The van der Waals surface area contributed by atoms with E-state index in [1.165, 1.54) is 6.07 Å². The molecule has 0 unspecified atom stereocenters. The van der Waals surface area contributed by atoms with E-state index in [1.807, 2.05) is 36.5 Å². The lowest BCUT2D eigenvalue weighted by molar-refractivity contribution is 0.585. The van der Waals surface area contributed by atoms with Gasteiger partial charge in [-0.3, -0.25) is 4.98 Å². The van der Waals surface area contributed by atoms with Crippen molar-refractivity contribution in [2.45, 2.75) is 0 Å². The Morgan fingerprint density at radius 2 is 1.63 bits per heavy atom. The lowest BCUT2D eigenvalue weighted by atomic mass is 10.0. The number of aromatic nitrogens is 5. The first-order valence-electron chi connectivity index (χ1n) is 11.5. The molecule has 1 N–H and O–H groups in total. The first-order chi connectivity index (χ1) is 17.3. The predicted molar refractivity (Wildman–Crippen MR) is 134 cm³/mol. The molecule has 1 saturated heterocycles. The molecule has 5 heterocycles. The van der Waals surface area contributed by atoms with Gasteiger partial charge in [-0.25, -0.2) is 24.3 Å². The number of rotatable bonds is 4. The monoisotopic (exact) mass is 463 g/mol. The van der Waals surface area contributed by atoms with E-state index in [0.29, 0.717) is 28.3 Å². The Morgan fingerprint density at radius 1 is 0.771 bits per heavy atom. The molecule has 1 aliphatic heterocycles. The van der Waals surface area contributed by atoms with Crippen LogP contribution in [0.5, 0.6) is 0 Å². The molecule has 35 heavy (non-hydrogen) atoms. The Labute approximate surface area is 201 Å². The zero-order valence-corrected chi connectivity index (χ0v) is 18.9. The van der Waals surface area contributed by atoms with Crippen LogP contribution in [0, 0.1) is 5.82 Å². The van der Waals surface area contributed by atoms with Crippen molar-refractivity contribution < 1.29 is 4.39 Å². The van der Waals surface area contributed by atoms with Crippen LogP contribution in [-0.2, 0) is 0 Å². The van der Waals surface area contributed by atoms with E-state index in [4.69, 9.17) is 4.98 Å². The summed E-state index contributed by atoms with van der Waals surface area (Å²) in [6.07, 6.45) is 6.95. The van der Waals surface area contributed by atoms with E-state index in [2.05, 4.69) is 30.2 Å². The second-order valence-corrected chi connectivity index (χ2v) is 8.34. The van der Waals surface area contributed by atoms with Gasteiger partial charge in [0.1, 0.15) is 11.6 Å². The number of hydrogen-bond donors (Lipinski definition) is 1. The second kappa shape index (κ2) is 9.15. The molecule has 0 spiro atoms. The van der Waals surface area contributed by atoms with Crippen molar-refractivity contribution >= 4 is 16.9 Å². The minimum Gasteiger partial charge on any atom is -0.354 e. The van der Waals surface area contributed by atoms with Crippen LogP contribution < -0.4 is 10.2 Å². The highest BCUT2D eigenvalue weighted by Crippen LogP contribution is 2.32. The van der Waals surface area contributed by atoms with Crippen LogP contribution in [0.4, 0.5) is 10.2 Å². The lowest BCUT2D eigenvalue weighted by Crippen LogP contribution is -2.43. The third-order valence-corrected chi connectivity index (χ3v) is 6.13.